The highest BCUT2D eigenvalue weighted by molar-refractivity contribution is 7.99. The Labute approximate surface area is 81.7 Å². The number of halogens is 1. The summed E-state index contributed by atoms with van der Waals surface area (Å²) in [5.74, 6) is 0.904. The zero-order valence-electron chi connectivity index (χ0n) is 7.51. The molecule has 0 bridgehead atoms. The van der Waals surface area contributed by atoms with Crippen LogP contribution in [0.3, 0.4) is 0 Å². The molecular formula is C10H12FNS. The molecule has 0 aliphatic carbocycles. The van der Waals surface area contributed by atoms with E-state index < -0.39 is 0 Å². The van der Waals surface area contributed by atoms with E-state index >= 15 is 0 Å². The van der Waals surface area contributed by atoms with Gasteiger partial charge in [0.2, 0.25) is 0 Å². The van der Waals surface area contributed by atoms with Crippen molar-refractivity contribution in [2.24, 2.45) is 0 Å². The quantitative estimate of drug-likeness (QED) is 0.739. The Hall–Kier alpha value is -0.540. The van der Waals surface area contributed by atoms with Crippen LogP contribution in [0.1, 0.15) is 5.56 Å². The molecule has 0 aromatic heterocycles. The fraction of sp³-hybridized carbons (Fsp3) is 0.400. The van der Waals surface area contributed by atoms with Gasteiger partial charge in [-0.05, 0) is 31.2 Å². The van der Waals surface area contributed by atoms with Crippen LogP contribution in [0.15, 0.2) is 23.1 Å². The number of thioether (sulfide) groups is 1. The lowest BCUT2D eigenvalue weighted by atomic mass is 10.1. The summed E-state index contributed by atoms with van der Waals surface area (Å²) >= 11 is 1.73. The van der Waals surface area contributed by atoms with Gasteiger partial charge in [-0.15, -0.1) is 11.8 Å². The number of nitrogens with one attached hydrogen (secondary N) is 1. The highest BCUT2D eigenvalue weighted by atomic mass is 32.2. The topological polar surface area (TPSA) is 12.0 Å². The van der Waals surface area contributed by atoms with Gasteiger partial charge in [-0.25, -0.2) is 4.39 Å². The average Bonchev–Trinajstić information content (AvgIpc) is 2.17. The molecule has 0 saturated carbocycles. The van der Waals surface area contributed by atoms with E-state index in [1.54, 1.807) is 17.8 Å². The molecule has 70 valence electrons. The third-order valence-corrected chi connectivity index (χ3v) is 3.60. The molecule has 1 aliphatic rings. The SMILES string of the molecule is CNC1CSc2cc(F)ccc2C1. The number of benzene rings is 1. The van der Waals surface area contributed by atoms with Crippen LogP contribution in [0.25, 0.3) is 0 Å². The van der Waals surface area contributed by atoms with Crippen LogP contribution in [-0.4, -0.2) is 18.8 Å². The maximum Gasteiger partial charge on any atom is 0.124 e. The summed E-state index contributed by atoms with van der Waals surface area (Å²) in [6.07, 6.45) is 1.01. The summed E-state index contributed by atoms with van der Waals surface area (Å²) in [6, 6.07) is 5.59. The van der Waals surface area contributed by atoms with Crippen LogP contribution in [0, 0.1) is 5.82 Å². The molecule has 2 rings (SSSR count). The van der Waals surface area contributed by atoms with Crippen LogP contribution in [-0.2, 0) is 6.42 Å². The number of rotatable bonds is 1. The number of likely N-dealkylation sites (N-methyl/N-ethyl adjacent to an activating group) is 1. The van der Waals surface area contributed by atoms with Gasteiger partial charge in [0.1, 0.15) is 5.82 Å². The van der Waals surface area contributed by atoms with Gasteiger partial charge >= 0.3 is 0 Å². The van der Waals surface area contributed by atoms with Crippen molar-refractivity contribution >= 4 is 11.8 Å². The molecule has 13 heavy (non-hydrogen) atoms. The molecule has 1 nitrogen and oxygen atoms in total. The van der Waals surface area contributed by atoms with Gasteiger partial charge in [0, 0.05) is 16.7 Å². The molecule has 0 radical (unpaired) electrons. The van der Waals surface area contributed by atoms with E-state index in [-0.39, 0.29) is 5.82 Å². The summed E-state index contributed by atoms with van der Waals surface area (Å²) < 4.78 is 12.8. The summed E-state index contributed by atoms with van der Waals surface area (Å²) in [4.78, 5) is 1.10. The van der Waals surface area contributed by atoms with Gasteiger partial charge in [0.25, 0.3) is 0 Å². The fourth-order valence-corrected chi connectivity index (χ4v) is 2.73. The average molecular weight is 197 g/mol. The Morgan fingerprint density at radius 2 is 2.38 bits per heavy atom. The first-order valence-electron chi connectivity index (χ1n) is 4.38. The third kappa shape index (κ3) is 1.86. The second-order valence-electron chi connectivity index (χ2n) is 3.25. The lowest BCUT2D eigenvalue weighted by Gasteiger charge is -2.23. The summed E-state index contributed by atoms with van der Waals surface area (Å²) in [6.45, 7) is 0. The van der Waals surface area contributed by atoms with Crippen molar-refractivity contribution in [2.75, 3.05) is 12.8 Å². The predicted molar refractivity (Wildman–Crippen MR) is 53.7 cm³/mol. The first-order chi connectivity index (χ1) is 6.29. The second-order valence-corrected chi connectivity index (χ2v) is 4.31. The monoisotopic (exact) mass is 197 g/mol. The van der Waals surface area contributed by atoms with E-state index in [9.17, 15) is 4.39 Å². The van der Waals surface area contributed by atoms with Gasteiger partial charge in [-0.1, -0.05) is 6.07 Å². The van der Waals surface area contributed by atoms with E-state index in [2.05, 4.69) is 5.32 Å². The van der Waals surface area contributed by atoms with Crippen LogP contribution in [0.5, 0.6) is 0 Å². The van der Waals surface area contributed by atoms with Crippen molar-refractivity contribution in [1.29, 1.82) is 0 Å². The fourth-order valence-electron chi connectivity index (χ4n) is 1.53. The molecule has 0 spiro atoms. The highest BCUT2D eigenvalue weighted by Crippen LogP contribution is 2.30. The standard InChI is InChI=1S/C10H12FNS/c1-12-9-4-7-2-3-8(11)5-10(7)13-6-9/h2-3,5,9,12H,4,6H2,1H3. The second kappa shape index (κ2) is 3.68. The minimum absolute atomic E-state index is 0.130. The Morgan fingerprint density at radius 3 is 3.15 bits per heavy atom. The molecule has 1 aliphatic heterocycles. The predicted octanol–water partition coefficient (Wildman–Crippen LogP) is 2.06. The van der Waals surface area contributed by atoms with Crippen molar-refractivity contribution in [2.45, 2.75) is 17.4 Å². The van der Waals surface area contributed by atoms with Gasteiger partial charge in [-0.3, -0.25) is 0 Å². The Bertz CT molecular complexity index is 314. The van der Waals surface area contributed by atoms with Gasteiger partial charge < -0.3 is 5.32 Å². The molecule has 0 saturated heterocycles. The first kappa shape index (κ1) is 9.03. The van der Waals surface area contributed by atoms with Gasteiger partial charge in [-0.2, -0.15) is 0 Å². The Kier molecular flexibility index (Phi) is 2.56. The van der Waals surface area contributed by atoms with Crippen molar-refractivity contribution in [3.63, 3.8) is 0 Å². The molecule has 0 amide bonds. The number of hydrogen-bond donors (Lipinski definition) is 1. The normalized spacial score (nSPS) is 21.2. The summed E-state index contributed by atoms with van der Waals surface area (Å²) in [5, 5.41) is 3.24. The molecular weight excluding hydrogens is 185 g/mol. The minimum atomic E-state index is -0.130. The third-order valence-electron chi connectivity index (χ3n) is 2.34. The lowest BCUT2D eigenvalue weighted by Crippen LogP contribution is -2.32. The zero-order chi connectivity index (χ0) is 9.26. The van der Waals surface area contributed by atoms with E-state index in [4.69, 9.17) is 0 Å². The Balaban J connectivity index is 2.26. The number of hydrogen-bond acceptors (Lipinski definition) is 2. The van der Waals surface area contributed by atoms with Crippen molar-refractivity contribution in [3.05, 3.63) is 29.6 Å². The van der Waals surface area contributed by atoms with E-state index in [0.717, 1.165) is 17.1 Å². The molecule has 1 N–H and O–H groups in total. The molecule has 0 fully saturated rings. The van der Waals surface area contributed by atoms with Crippen LogP contribution in [0.4, 0.5) is 4.39 Å². The van der Waals surface area contributed by atoms with Gasteiger partial charge in [0.05, 0.1) is 0 Å². The molecule has 1 aromatic carbocycles. The lowest BCUT2D eigenvalue weighted by molar-refractivity contribution is 0.594. The largest absolute Gasteiger partial charge is 0.316 e. The number of fused-ring (bicyclic) bond motifs is 1. The van der Waals surface area contributed by atoms with Crippen LogP contribution in [0.2, 0.25) is 0 Å². The molecule has 3 heteroatoms. The maximum absolute atomic E-state index is 12.8. The minimum Gasteiger partial charge on any atom is -0.316 e. The Morgan fingerprint density at radius 1 is 1.54 bits per heavy atom. The van der Waals surface area contributed by atoms with Crippen LogP contribution >= 0.6 is 11.8 Å². The summed E-state index contributed by atoms with van der Waals surface area (Å²) in [7, 11) is 1.97. The highest BCUT2D eigenvalue weighted by Gasteiger charge is 2.17. The maximum atomic E-state index is 12.8. The van der Waals surface area contributed by atoms with E-state index in [1.165, 1.54) is 11.6 Å². The summed E-state index contributed by atoms with van der Waals surface area (Å²) in [5.41, 5.74) is 1.26. The van der Waals surface area contributed by atoms with Gasteiger partial charge in [0.15, 0.2) is 0 Å². The van der Waals surface area contributed by atoms with E-state index in [0.29, 0.717) is 6.04 Å². The van der Waals surface area contributed by atoms with Crippen molar-refractivity contribution in [3.8, 4) is 0 Å². The van der Waals surface area contributed by atoms with E-state index in [1.807, 2.05) is 13.1 Å². The van der Waals surface area contributed by atoms with Crippen molar-refractivity contribution in [1.82, 2.24) is 5.32 Å². The zero-order valence-corrected chi connectivity index (χ0v) is 8.33. The molecule has 1 aromatic rings. The molecule has 1 heterocycles. The van der Waals surface area contributed by atoms with Crippen molar-refractivity contribution < 1.29 is 4.39 Å². The van der Waals surface area contributed by atoms with Crippen LogP contribution < -0.4 is 5.32 Å². The first-order valence-corrected chi connectivity index (χ1v) is 5.36. The molecule has 1 atom stereocenters. The smallest absolute Gasteiger partial charge is 0.124 e. The molecule has 1 unspecified atom stereocenters.